The van der Waals surface area contributed by atoms with E-state index in [2.05, 4.69) is 39.9 Å². The number of anilines is 3. The van der Waals surface area contributed by atoms with Gasteiger partial charge >= 0.3 is 0 Å². The molecule has 2 aromatic carbocycles. The number of ether oxygens (including phenoxy) is 1. The van der Waals surface area contributed by atoms with Gasteiger partial charge in [-0.1, -0.05) is 47.7 Å². The molecule has 2 N–H and O–H groups in total. The zero-order valence-corrected chi connectivity index (χ0v) is 22.1. The van der Waals surface area contributed by atoms with Crippen LogP contribution in [0.15, 0.2) is 79.1 Å². The number of hydrogen-bond acceptors (Lipinski definition) is 9. The SMILES string of the molecule is O=COC1CCC(Nc2nc(Cc3ccccc3)cc(Nc3nc4ccc(-c5ccncc5)cc4s3)n2)CC1. The second-order valence-electron chi connectivity index (χ2n) is 9.64. The summed E-state index contributed by atoms with van der Waals surface area (Å²) in [7, 11) is 0. The van der Waals surface area contributed by atoms with E-state index in [0.29, 0.717) is 24.7 Å². The van der Waals surface area contributed by atoms with Gasteiger partial charge in [0.1, 0.15) is 11.9 Å². The van der Waals surface area contributed by atoms with Gasteiger partial charge in [-0.15, -0.1) is 0 Å². The molecule has 0 aliphatic heterocycles. The third kappa shape index (κ3) is 6.21. The zero-order chi connectivity index (χ0) is 26.4. The molecule has 0 amide bonds. The quantitative estimate of drug-likeness (QED) is 0.209. The number of nitrogens with one attached hydrogen (secondary N) is 2. The van der Waals surface area contributed by atoms with Crippen LogP contribution in [-0.4, -0.2) is 38.6 Å². The largest absolute Gasteiger partial charge is 0.465 e. The lowest BCUT2D eigenvalue weighted by Gasteiger charge is -2.28. The molecule has 9 heteroatoms. The second kappa shape index (κ2) is 11.6. The van der Waals surface area contributed by atoms with Gasteiger partial charge in [0.25, 0.3) is 6.47 Å². The molecule has 0 saturated heterocycles. The predicted molar refractivity (Wildman–Crippen MR) is 154 cm³/mol. The van der Waals surface area contributed by atoms with E-state index >= 15 is 0 Å². The summed E-state index contributed by atoms with van der Waals surface area (Å²) < 4.78 is 6.25. The maximum Gasteiger partial charge on any atom is 0.293 e. The van der Waals surface area contributed by atoms with E-state index in [4.69, 9.17) is 19.7 Å². The third-order valence-corrected chi connectivity index (χ3v) is 7.83. The molecule has 196 valence electrons. The Morgan fingerprint density at radius 1 is 0.897 bits per heavy atom. The van der Waals surface area contributed by atoms with Crippen molar-refractivity contribution in [2.45, 2.75) is 44.2 Å². The number of nitrogens with zero attached hydrogens (tertiary/aromatic N) is 4. The summed E-state index contributed by atoms with van der Waals surface area (Å²) >= 11 is 1.60. The number of fused-ring (bicyclic) bond motifs is 1. The van der Waals surface area contributed by atoms with Gasteiger partial charge in [-0.2, -0.15) is 4.98 Å². The van der Waals surface area contributed by atoms with Gasteiger partial charge in [0, 0.05) is 30.9 Å². The van der Waals surface area contributed by atoms with Crippen LogP contribution in [-0.2, 0) is 16.0 Å². The van der Waals surface area contributed by atoms with Crippen LogP contribution in [0.1, 0.15) is 36.9 Å². The summed E-state index contributed by atoms with van der Waals surface area (Å²) in [5.74, 6) is 1.29. The van der Waals surface area contributed by atoms with E-state index in [0.717, 1.165) is 57.9 Å². The molecule has 0 bridgehead atoms. The predicted octanol–water partition coefficient (Wildman–Crippen LogP) is 6.38. The molecule has 3 heterocycles. The van der Waals surface area contributed by atoms with E-state index in [1.54, 1.807) is 23.7 Å². The van der Waals surface area contributed by atoms with Crippen molar-refractivity contribution in [1.82, 2.24) is 19.9 Å². The maximum atomic E-state index is 10.7. The molecule has 1 aliphatic carbocycles. The molecule has 1 fully saturated rings. The monoisotopic (exact) mass is 536 g/mol. The van der Waals surface area contributed by atoms with Crippen molar-refractivity contribution in [2.24, 2.45) is 0 Å². The number of benzene rings is 2. The van der Waals surface area contributed by atoms with Crippen molar-refractivity contribution in [3.05, 3.63) is 90.4 Å². The highest BCUT2D eigenvalue weighted by molar-refractivity contribution is 7.22. The summed E-state index contributed by atoms with van der Waals surface area (Å²) in [6, 6.07) is 22.8. The van der Waals surface area contributed by atoms with Gasteiger partial charge in [0.15, 0.2) is 5.13 Å². The van der Waals surface area contributed by atoms with Crippen molar-refractivity contribution in [2.75, 3.05) is 10.6 Å². The first-order valence-electron chi connectivity index (χ1n) is 13.1. The van der Waals surface area contributed by atoms with Crippen LogP contribution < -0.4 is 10.6 Å². The van der Waals surface area contributed by atoms with E-state index in [9.17, 15) is 4.79 Å². The number of pyridine rings is 1. The van der Waals surface area contributed by atoms with Crippen molar-refractivity contribution in [1.29, 1.82) is 0 Å². The van der Waals surface area contributed by atoms with Crippen LogP contribution in [0.25, 0.3) is 21.3 Å². The lowest BCUT2D eigenvalue weighted by molar-refractivity contribution is -0.134. The molecular weight excluding hydrogens is 508 g/mol. The average molecular weight is 537 g/mol. The molecule has 5 aromatic rings. The Kier molecular flexibility index (Phi) is 7.40. The number of aromatic nitrogens is 4. The zero-order valence-electron chi connectivity index (χ0n) is 21.3. The van der Waals surface area contributed by atoms with E-state index in [1.807, 2.05) is 42.5 Å². The Labute approximate surface area is 230 Å². The number of rotatable bonds is 9. The standard InChI is InChI=1S/C30H28N6O2S/c37-19-38-25-9-7-23(8-10-25)32-29-33-24(16-20-4-2-1-3-5-20)18-28(35-29)36-30-34-26-11-6-22(17-27(26)39-30)21-12-14-31-15-13-21/h1-6,11-15,17-19,23,25H,7-10,16H2,(H2,32,33,34,35,36). The fourth-order valence-electron chi connectivity index (χ4n) is 4.94. The highest BCUT2D eigenvalue weighted by Crippen LogP contribution is 2.32. The van der Waals surface area contributed by atoms with Gasteiger partial charge in [-0.05, 0) is 66.6 Å². The molecule has 0 spiro atoms. The fraction of sp³-hybridized carbons (Fsp3) is 0.233. The Morgan fingerprint density at radius 2 is 1.72 bits per heavy atom. The molecular formula is C30H28N6O2S. The van der Waals surface area contributed by atoms with Crippen LogP contribution in [0.4, 0.5) is 16.9 Å². The van der Waals surface area contributed by atoms with E-state index in [1.165, 1.54) is 5.56 Å². The van der Waals surface area contributed by atoms with Crippen LogP contribution in [0.3, 0.4) is 0 Å². The molecule has 6 rings (SSSR count). The van der Waals surface area contributed by atoms with Crippen molar-refractivity contribution < 1.29 is 9.53 Å². The second-order valence-corrected chi connectivity index (χ2v) is 10.7. The lowest BCUT2D eigenvalue weighted by atomic mass is 9.93. The minimum atomic E-state index is 0.00113. The van der Waals surface area contributed by atoms with Crippen LogP contribution in [0.2, 0.25) is 0 Å². The molecule has 0 atom stereocenters. The number of carbonyl (C=O) groups excluding carboxylic acids is 1. The van der Waals surface area contributed by atoms with Crippen LogP contribution in [0.5, 0.6) is 0 Å². The van der Waals surface area contributed by atoms with Gasteiger partial charge in [-0.25, -0.2) is 9.97 Å². The number of carbonyl (C=O) groups is 1. The summed E-state index contributed by atoms with van der Waals surface area (Å²) in [5, 5.41) is 7.72. The van der Waals surface area contributed by atoms with Gasteiger partial charge in [-0.3, -0.25) is 9.78 Å². The van der Waals surface area contributed by atoms with Gasteiger partial charge < -0.3 is 15.4 Å². The molecule has 1 saturated carbocycles. The van der Waals surface area contributed by atoms with E-state index < -0.39 is 0 Å². The Balaban J connectivity index is 1.24. The normalized spacial score (nSPS) is 17.0. The lowest BCUT2D eigenvalue weighted by Crippen LogP contribution is -2.30. The molecule has 1 aliphatic rings. The topological polar surface area (TPSA) is 102 Å². The Morgan fingerprint density at radius 3 is 2.51 bits per heavy atom. The van der Waals surface area contributed by atoms with Crippen molar-refractivity contribution in [3.63, 3.8) is 0 Å². The number of thiazole rings is 1. The first kappa shape index (κ1) is 24.9. The molecule has 3 aromatic heterocycles. The van der Waals surface area contributed by atoms with Crippen LogP contribution >= 0.6 is 11.3 Å². The smallest absolute Gasteiger partial charge is 0.293 e. The Bertz CT molecular complexity index is 1550. The fourth-order valence-corrected chi connectivity index (χ4v) is 5.85. The summed E-state index contributed by atoms with van der Waals surface area (Å²) in [5.41, 5.74) is 5.29. The average Bonchev–Trinajstić information content (AvgIpc) is 3.36. The minimum absolute atomic E-state index is 0.00113. The first-order chi connectivity index (χ1) is 19.2. The Hall–Kier alpha value is -4.37. The van der Waals surface area contributed by atoms with Crippen molar-refractivity contribution >= 4 is 44.9 Å². The van der Waals surface area contributed by atoms with Gasteiger partial charge in [0.05, 0.1) is 15.9 Å². The minimum Gasteiger partial charge on any atom is -0.465 e. The maximum absolute atomic E-state index is 10.7. The highest BCUT2D eigenvalue weighted by atomic mass is 32.1. The molecule has 0 unspecified atom stereocenters. The van der Waals surface area contributed by atoms with E-state index in [-0.39, 0.29) is 12.1 Å². The number of hydrogen-bond donors (Lipinski definition) is 2. The molecule has 8 nitrogen and oxygen atoms in total. The summed E-state index contributed by atoms with van der Waals surface area (Å²) in [4.78, 5) is 29.2. The summed E-state index contributed by atoms with van der Waals surface area (Å²) in [6.45, 7) is 0.550. The molecule has 0 radical (unpaired) electrons. The van der Waals surface area contributed by atoms with Gasteiger partial charge in [0.2, 0.25) is 5.95 Å². The highest BCUT2D eigenvalue weighted by Gasteiger charge is 2.23. The van der Waals surface area contributed by atoms with Crippen LogP contribution in [0, 0.1) is 0 Å². The third-order valence-electron chi connectivity index (χ3n) is 6.90. The summed E-state index contributed by atoms with van der Waals surface area (Å²) in [6.07, 6.45) is 7.76. The molecule has 39 heavy (non-hydrogen) atoms. The first-order valence-corrected chi connectivity index (χ1v) is 13.9. The van der Waals surface area contributed by atoms with Crippen molar-refractivity contribution in [3.8, 4) is 11.1 Å².